The number of rotatable bonds is 2. The fourth-order valence-electron chi connectivity index (χ4n) is 2.64. The molecule has 0 aromatic carbocycles. The molecule has 0 spiro atoms. The molecule has 4 heteroatoms. The van der Waals surface area contributed by atoms with Crippen molar-refractivity contribution < 1.29 is 4.79 Å². The van der Waals surface area contributed by atoms with Gasteiger partial charge in [0.2, 0.25) is 5.91 Å². The van der Waals surface area contributed by atoms with Gasteiger partial charge in [-0.3, -0.25) is 9.69 Å². The van der Waals surface area contributed by atoms with E-state index in [4.69, 9.17) is 0 Å². The molecule has 0 bridgehead atoms. The Bertz CT molecular complexity index is 230. The lowest BCUT2D eigenvalue weighted by atomic mass is 10.0. The highest BCUT2D eigenvalue weighted by molar-refractivity contribution is 5.73. The van der Waals surface area contributed by atoms with Crippen molar-refractivity contribution in [3.05, 3.63) is 0 Å². The lowest BCUT2D eigenvalue weighted by molar-refractivity contribution is -0.130. The lowest BCUT2D eigenvalue weighted by Crippen LogP contribution is -2.52. The van der Waals surface area contributed by atoms with Gasteiger partial charge in [-0.1, -0.05) is 6.42 Å². The summed E-state index contributed by atoms with van der Waals surface area (Å²) in [5.74, 6) is 0.218. The van der Waals surface area contributed by atoms with Crippen LogP contribution >= 0.6 is 0 Å². The quantitative estimate of drug-likeness (QED) is 0.734. The molecule has 2 aliphatic heterocycles. The van der Waals surface area contributed by atoms with Gasteiger partial charge in [0.15, 0.2) is 0 Å². The van der Waals surface area contributed by atoms with Gasteiger partial charge in [0.1, 0.15) is 0 Å². The van der Waals surface area contributed by atoms with E-state index in [9.17, 15) is 4.79 Å². The number of hydrogen-bond donors (Lipinski definition) is 1. The molecule has 1 unspecified atom stereocenters. The summed E-state index contributed by atoms with van der Waals surface area (Å²) in [5, 5.41) is 3.58. The monoisotopic (exact) mass is 225 g/mol. The third kappa shape index (κ3) is 3.19. The third-order valence-electron chi connectivity index (χ3n) is 3.71. The number of piperidine rings is 1. The summed E-state index contributed by atoms with van der Waals surface area (Å²) in [6.45, 7) is 7.89. The number of nitrogens with zero attached hydrogens (tertiary/aromatic N) is 2. The Morgan fingerprint density at radius 3 is 2.56 bits per heavy atom. The van der Waals surface area contributed by atoms with Gasteiger partial charge in [0, 0.05) is 45.7 Å². The fraction of sp³-hybridized carbons (Fsp3) is 0.917. The fourth-order valence-corrected chi connectivity index (χ4v) is 2.64. The van der Waals surface area contributed by atoms with Crippen LogP contribution in [0.25, 0.3) is 0 Å². The maximum Gasteiger partial charge on any atom is 0.219 e. The van der Waals surface area contributed by atoms with Crippen LogP contribution in [-0.4, -0.2) is 61.0 Å². The van der Waals surface area contributed by atoms with Crippen LogP contribution < -0.4 is 5.32 Å². The van der Waals surface area contributed by atoms with Gasteiger partial charge >= 0.3 is 0 Å². The van der Waals surface area contributed by atoms with Crippen molar-refractivity contribution >= 4 is 5.91 Å². The second-order valence-corrected chi connectivity index (χ2v) is 4.95. The second-order valence-electron chi connectivity index (χ2n) is 4.95. The molecule has 16 heavy (non-hydrogen) atoms. The predicted octanol–water partition coefficient (Wildman–Crippen LogP) is 0.293. The van der Waals surface area contributed by atoms with Gasteiger partial charge in [-0.2, -0.15) is 0 Å². The molecule has 0 aliphatic carbocycles. The first-order chi connectivity index (χ1) is 7.75. The smallest absolute Gasteiger partial charge is 0.219 e. The molecule has 1 N–H and O–H groups in total. The van der Waals surface area contributed by atoms with Gasteiger partial charge in [-0.15, -0.1) is 0 Å². The third-order valence-corrected chi connectivity index (χ3v) is 3.71. The molecular formula is C12H23N3O. The van der Waals surface area contributed by atoms with E-state index >= 15 is 0 Å². The van der Waals surface area contributed by atoms with E-state index in [0.29, 0.717) is 6.04 Å². The van der Waals surface area contributed by atoms with Crippen molar-refractivity contribution in [3.8, 4) is 0 Å². The molecule has 2 rings (SSSR count). The minimum absolute atomic E-state index is 0.218. The molecule has 1 amide bonds. The molecule has 92 valence electrons. The van der Waals surface area contributed by atoms with E-state index in [1.54, 1.807) is 6.92 Å². The number of amides is 1. The highest BCUT2D eigenvalue weighted by Crippen LogP contribution is 2.10. The average Bonchev–Trinajstić information content (AvgIpc) is 2.31. The molecule has 2 saturated heterocycles. The topological polar surface area (TPSA) is 35.6 Å². The summed E-state index contributed by atoms with van der Waals surface area (Å²) in [7, 11) is 0. The van der Waals surface area contributed by atoms with Crippen molar-refractivity contribution in [2.24, 2.45) is 0 Å². The highest BCUT2D eigenvalue weighted by atomic mass is 16.2. The largest absolute Gasteiger partial charge is 0.340 e. The van der Waals surface area contributed by atoms with E-state index in [1.807, 2.05) is 4.90 Å². The van der Waals surface area contributed by atoms with Gasteiger partial charge in [0.05, 0.1) is 0 Å². The molecule has 0 aromatic heterocycles. The second kappa shape index (κ2) is 5.64. The summed E-state index contributed by atoms with van der Waals surface area (Å²) in [6, 6.07) is 0.678. The number of carbonyl (C=O) groups is 1. The van der Waals surface area contributed by atoms with Gasteiger partial charge in [0.25, 0.3) is 0 Å². The number of piperazine rings is 1. The summed E-state index contributed by atoms with van der Waals surface area (Å²) >= 11 is 0. The lowest BCUT2D eigenvalue weighted by Gasteiger charge is -2.37. The molecule has 2 aliphatic rings. The van der Waals surface area contributed by atoms with Crippen LogP contribution in [0.2, 0.25) is 0 Å². The van der Waals surface area contributed by atoms with Crippen LogP contribution in [0.1, 0.15) is 26.2 Å². The van der Waals surface area contributed by atoms with E-state index in [0.717, 1.165) is 32.7 Å². The number of hydrogen-bond acceptors (Lipinski definition) is 3. The molecule has 4 nitrogen and oxygen atoms in total. The Labute approximate surface area is 98.0 Å². The van der Waals surface area contributed by atoms with Crippen molar-refractivity contribution in [2.45, 2.75) is 32.2 Å². The zero-order valence-electron chi connectivity index (χ0n) is 10.2. The Balaban J connectivity index is 1.70. The van der Waals surface area contributed by atoms with Crippen LogP contribution in [0.3, 0.4) is 0 Å². The Morgan fingerprint density at radius 1 is 1.25 bits per heavy atom. The molecule has 0 radical (unpaired) electrons. The first-order valence-corrected chi connectivity index (χ1v) is 6.47. The van der Waals surface area contributed by atoms with Crippen LogP contribution in [0.5, 0.6) is 0 Å². The zero-order valence-corrected chi connectivity index (χ0v) is 10.2. The molecule has 0 aromatic rings. The van der Waals surface area contributed by atoms with Crippen LogP contribution in [-0.2, 0) is 4.79 Å². The van der Waals surface area contributed by atoms with Crippen molar-refractivity contribution in [1.29, 1.82) is 0 Å². The molecule has 2 heterocycles. The Morgan fingerprint density at radius 2 is 2.00 bits per heavy atom. The SMILES string of the molecule is CC(=O)N1CCN(CC2CCCCN2)CC1. The van der Waals surface area contributed by atoms with Crippen LogP contribution in [0.4, 0.5) is 0 Å². The number of carbonyl (C=O) groups excluding carboxylic acids is 1. The van der Waals surface area contributed by atoms with Crippen molar-refractivity contribution in [2.75, 3.05) is 39.3 Å². The van der Waals surface area contributed by atoms with Crippen LogP contribution in [0, 0.1) is 0 Å². The standard InChI is InChI=1S/C12H23N3O/c1-11(16)15-8-6-14(7-9-15)10-12-4-2-3-5-13-12/h12-13H,2-10H2,1H3. The predicted molar refractivity (Wildman–Crippen MR) is 64.3 cm³/mol. The first kappa shape index (κ1) is 11.9. The normalized spacial score (nSPS) is 28.1. The summed E-state index contributed by atoms with van der Waals surface area (Å²) in [6.07, 6.45) is 4.01. The van der Waals surface area contributed by atoms with E-state index in [2.05, 4.69) is 10.2 Å². The molecule has 1 atom stereocenters. The molecule has 0 saturated carbocycles. The van der Waals surface area contributed by atoms with Gasteiger partial charge in [-0.05, 0) is 19.4 Å². The van der Waals surface area contributed by atoms with Crippen molar-refractivity contribution in [1.82, 2.24) is 15.1 Å². The average molecular weight is 225 g/mol. The van der Waals surface area contributed by atoms with E-state index in [-0.39, 0.29) is 5.91 Å². The molecule has 2 fully saturated rings. The Hall–Kier alpha value is -0.610. The highest BCUT2D eigenvalue weighted by Gasteiger charge is 2.21. The van der Waals surface area contributed by atoms with E-state index < -0.39 is 0 Å². The Kier molecular flexibility index (Phi) is 4.18. The summed E-state index contributed by atoms with van der Waals surface area (Å²) in [5.41, 5.74) is 0. The van der Waals surface area contributed by atoms with Gasteiger partial charge < -0.3 is 10.2 Å². The van der Waals surface area contributed by atoms with E-state index in [1.165, 1.54) is 25.8 Å². The minimum atomic E-state index is 0.218. The maximum atomic E-state index is 11.2. The summed E-state index contributed by atoms with van der Waals surface area (Å²) in [4.78, 5) is 15.6. The molecular weight excluding hydrogens is 202 g/mol. The van der Waals surface area contributed by atoms with Crippen molar-refractivity contribution in [3.63, 3.8) is 0 Å². The first-order valence-electron chi connectivity index (χ1n) is 6.47. The number of nitrogens with one attached hydrogen (secondary N) is 1. The zero-order chi connectivity index (χ0) is 11.4. The van der Waals surface area contributed by atoms with Gasteiger partial charge in [-0.25, -0.2) is 0 Å². The summed E-state index contributed by atoms with van der Waals surface area (Å²) < 4.78 is 0. The maximum absolute atomic E-state index is 11.2. The van der Waals surface area contributed by atoms with Crippen LogP contribution in [0.15, 0.2) is 0 Å². The minimum Gasteiger partial charge on any atom is -0.340 e.